The van der Waals surface area contributed by atoms with Crippen LogP contribution < -0.4 is 10.5 Å². The molecular formula is C20H16N2O5. The Hall–Kier alpha value is -3.61. The van der Waals surface area contributed by atoms with Gasteiger partial charge in [-0.2, -0.15) is 0 Å². The van der Waals surface area contributed by atoms with Crippen LogP contribution in [0.1, 0.15) is 50.2 Å². The first-order valence-corrected chi connectivity index (χ1v) is 8.26. The molecule has 0 bridgehead atoms. The number of carbonyl (C=O) groups excluding carboxylic acids is 2. The SMILES string of the molecule is COc1ccccc1C(=O)c1oc2c(c1N)C(=O)CC(c1coc(C)n1)=C2. The molecule has 0 aliphatic heterocycles. The number of nitrogen functional groups attached to an aromatic ring is 1. The fourth-order valence-corrected chi connectivity index (χ4v) is 3.12. The summed E-state index contributed by atoms with van der Waals surface area (Å²) in [4.78, 5) is 29.8. The van der Waals surface area contributed by atoms with Crippen LogP contribution in [0.5, 0.6) is 5.75 Å². The summed E-state index contributed by atoms with van der Waals surface area (Å²) in [6, 6.07) is 6.75. The molecule has 7 nitrogen and oxygen atoms in total. The van der Waals surface area contributed by atoms with Crippen LogP contribution in [-0.2, 0) is 0 Å². The maximum atomic E-state index is 12.9. The first-order chi connectivity index (χ1) is 13.0. The minimum Gasteiger partial charge on any atom is -0.496 e. The van der Waals surface area contributed by atoms with Crippen LogP contribution in [0.3, 0.4) is 0 Å². The van der Waals surface area contributed by atoms with Gasteiger partial charge in [0.25, 0.3) is 0 Å². The molecule has 2 aromatic heterocycles. The largest absolute Gasteiger partial charge is 0.496 e. The number of nitrogens with two attached hydrogens (primary N) is 1. The summed E-state index contributed by atoms with van der Waals surface area (Å²) in [5.74, 6) is 0.388. The Balaban J connectivity index is 1.80. The van der Waals surface area contributed by atoms with Gasteiger partial charge in [-0.15, -0.1) is 0 Å². The lowest BCUT2D eigenvalue weighted by Gasteiger charge is -2.09. The number of ketones is 2. The van der Waals surface area contributed by atoms with E-state index < -0.39 is 5.78 Å². The summed E-state index contributed by atoms with van der Waals surface area (Å²) in [5, 5.41) is 0. The predicted octanol–water partition coefficient (Wildman–Crippen LogP) is 3.52. The minimum atomic E-state index is -0.445. The van der Waals surface area contributed by atoms with E-state index in [1.165, 1.54) is 13.4 Å². The number of allylic oxidation sites excluding steroid dienone is 1. The monoisotopic (exact) mass is 364 g/mol. The van der Waals surface area contributed by atoms with Gasteiger partial charge >= 0.3 is 0 Å². The zero-order chi connectivity index (χ0) is 19.1. The van der Waals surface area contributed by atoms with Crippen molar-refractivity contribution in [3.8, 4) is 5.75 Å². The Morgan fingerprint density at radius 2 is 2.07 bits per heavy atom. The molecule has 2 N–H and O–H groups in total. The summed E-state index contributed by atoms with van der Waals surface area (Å²) >= 11 is 0. The minimum absolute atomic E-state index is 0.0394. The van der Waals surface area contributed by atoms with Crippen molar-refractivity contribution < 1.29 is 23.2 Å². The highest BCUT2D eigenvalue weighted by Crippen LogP contribution is 2.37. The van der Waals surface area contributed by atoms with Gasteiger partial charge in [0.05, 0.1) is 23.9 Å². The molecular weight excluding hydrogens is 348 g/mol. The normalized spacial score (nSPS) is 13.3. The number of rotatable bonds is 4. The second-order valence-corrected chi connectivity index (χ2v) is 6.13. The number of anilines is 1. The number of ether oxygens (including phenoxy) is 1. The van der Waals surface area contributed by atoms with Crippen molar-refractivity contribution in [1.29, 1.82) is 0 Å². The van der Waals surface area contributed by atoms with E-state index in [1.807, 2.05) is 0 Å². The summed E-state index contributed by atoms with van der Waals surface area (Å²) in [6.45, 7) is 1.72. The maximum Gasteiger partial charge on any atom is 0.234 e. The molecule has 1 aliphatic rings. The van der Waals surface area contributed by atoms with Gasteiger partial charge in [-0.25, -0.2) is 4.98 Å². The molecule has 0 spiro atoms. The Labute approximate surface area is 154 Å². The molecule has 0 saturated carbocycles. The van der Waals surface area contributed by atoms with E-state index in [0.717, 1.165) is 0 Å². The van der Waals surface area contributed by atoms with Gasteiger partial charge in [0, 0.05) is 13.3 Å². The summed E-state index contributed by atoms with van der Waals surface area (Å²) < 4.78 is 16.1. The summed E-state index contributed by atoms with van der Waals surface area (Å²) in [6.07, 6.45) is 3.25. The van der Waals surface area contributed by atoms with E-state index in [4.69, 9.17) is 19.3 Å². The van der Waals surface area contributed by atoms with Crippen molar-refractivity contribution in [2.45, 2.75) is 13.3 Å². The number of aromatic nitrogens is 1. The van der Waals surface area contributed by atoms with Crippen molar-refractivity contribution in [3.05, 3.63) is 64.8 Å². The smallest absolute Gasteiger partial charge is 0.234 e. The lowest BCUT2D eigenvalue weighted by molar-refractivity contribution is 0.0990. The second kappa shape index (κ2) is 6.28. The third kappa shape index (κ3) is 2.73. The van der Waals surface area contributed by atoms with Gasteiger partial charge in [0.1, 0.15) is 23.5 Å². The molecule has 1 aromatic carbocycles. The van der Waals surface area contributed by atoms with Crippen LogP contribution in [0.2, 0.25) is 0 Å². The van der Waals surface area contributed by atoms with Crippen molar-refractivity contribution in [2.24, 2.45) is 0 Å². The van der Waals surface area contributed by atoms with Gasteiger partial charge < -0.3 is 19.3 Å². The molecule has 136 valence electrons. The van der Waals surface area contributed by atoms with E-state index in [0.29, 0.717) is 28.5 Å². The fraction of sp³-hybridized carbons (Fsp3) is 0.150. The topological polar surface area (TPSA) is 109 Å². The molecule has 0 radical (unpaired) electrons. The maximum absolute atomic E-state index is 12.9. The number of Topliss-reactive ketones (excluding diaryl/α,β-unsaturated/α-hetero) is 1. The number of benzene rings is 1. The molecule has 2 heterocycles. The molecule has 0 fully saturated rings. The number of hydrogen-bond donors (Lipinski definition) is 1. The molecule has 4 rings (SSSR count). The first-order valence-electron chi connectivity index (χ1n) is 8.26. The van der Waals surface area contributed by atoms with Crippen molar-refractivity contribution in [2.75, 3.05) is 12.8 Å². The van der Waals surface area contributed by atoms with Crippen LogP contribution in [0, 0.1) is 6.92 Å². The number of fused-ring (bicyclic) bond motifs is 1. The van der Waals surface area contributed by atoms with E-state index in [-0.39, 0.29) is 35.0 Å². The van der Waals surface area contributed by atoms with Crippen molar-refractivity contribution in [3.63, 3.8) is 0 Å². The predicted molar refractivity (Wildman–Crippen MR) is 97.6 cm³/mol. The number of carbonyl (C=O) groups is 2. The molecule has 0 atom stereocenters. The zero-order valence-electron chi connectivity index (χ0n) is 14.7. The van der Waals surface area contributed by atoms with Crippen molar-refractivity contribution in [1.82, 2.24) is 4.98 Å². The third-order valence-corrected chi connectivity index (χ3v) is 4.41. The fourth-order valence-electron chi connectivity index (χ4n) is 3.12. The Kier molecular flexibility index (Phi) is 3.92. The molecule has 1 aliphatic carbocycles. The first kappa shape index (κ1) is 16.8. The standard InChI is InChI=1S/C20H16N2O5/c1-10-22-13(9-26-10)11-7-14(23)17-16(8-11)27-20(18(17)21)19(24)12-5-3-4-6-15(12)25-2/h3-6,8-9H,7,21H2,1-2H3. The average Bonchev–Trinajstić information content (AvgIpc) is 3.24. The molecule has 0 unspecified atom stereocenters. The van der Waals surface area contributed by atoms with Crippen LogP contribution in [-0.4, -0.2) is 23.7 Å². The third-order valence-electron chi connectivity index (χ3n) is 4.41. The number of aryl methyl sites for hydroxylation is 1. The Bertz CT molecular complexity index is 1100. The van der Waals surface area contributed by atoms with E-state index in [9.17, 15) is 9.59 Å². The quantitative estimate of drug-likeness (QED) is 0.705. The second-order valence-electron chi connectivity index (χ2n) is 6.13. The molecule has 7 heteroatoms. The summed E-state index contributed by atoms with van der Waals surface area (Å²) in [5.41, 5.74) is 7.86. The Morgan fingerprint density at radius 1 is 1.30 bits per heavy atom. The van der Waals surface area contributed by atoms with Crippen molar-refractivity contribution >= 4 is 28.9 Å². The van der Waals surface area contributed by atoms with Gasteiger partial charge in [0.15, 0.2) is 17.4 Å². The molecule has 3 aromatic rings. The number of oxazole rings is 1. The van der Waals surface area contributed by atoms with Gasteiger partial charge in [-0.05, 0) is 23.8 Å². The lowest BCUT2D eigenvalue weighted by Crippen LogP contribution is -2.10. The van der Waals surface area contributed by atoms with Crippen LogP contribution in [0.25, 0.3) is 11.6 Å². The number of furan rings is 1. The van der Waals surface area contributed by atoms with E-state index >= 15 is 0 Å². The van der Waals surface area contributed by atoms with Gasteiger partial charge in [-0.3, -0.25) is 9.59 Å². The van der Waals surface area contributed by atoms with Crippen LogP contribution >= 0.6 is 0 Å². The highest BCUT2D eigenvalue weighted by atomic mass is 16.5. The number of nitrogens with zero attached hydrogens (tertiary/aromatic N) is 1. The Morgan fingerprint density at radius 3 is 2.78 bits per heavy atom. The molecule has 0 amide bonds. The van der Waals surface area contributed by atoms with Gasteiger partial charge in [-0.1, -0.05) is 12.1 Å². The molecule has 27 heavy (non-hydrogen) atoms. The zero-order valence-corrected chi connectivity index (χ0v) is 14.7. The lowest BCUT2D eigenvalue weighted by atomic mass is 9.93. The average molecular weight is 364 g/mol. The highest BCUT2D eigenvalue weighted by Gasteiger charge is 2.32. The molecule has 0 saturated heterocycles. The van der Waals surface area contributed by atoms with E-state index in [1.54, 1.807) is 37.3 Å². The van der Waals surface area contributed by atoms with E-state index in [2.05, 4.69) is 4.98 Å². The number of methoxy groups -OCH3 is 1. The summed E-state index contributed by atoms with van der Waals surface area (Å²) in [7, 11) is 1.47. The number of para-hydroxylation sites is 1. The van der Waals surface area contributed by atoms with Crippen LogP contribution in [0.15, 0.2) is 39.4 Å². The number of hydrogen-bond acceptors (Lipinski definition) is 7. The van der Waals surface area contributed by atoms with Gasteiger partial charge in [0.2, 0.25) is 5.78 Å². The highest BCUT2D eigenvalue weighted by molar-refractivity contribution is 6.19. The van der Waals surface area contributed by atoms with Crippen LogP contribution in [0.4, 0.5) is 5.69 Å².